The van der Waals surface area contributed by atoms with Crippen molar-refractivity contribution in [1.29, 1.82) is 0 Å². The highest BCUT2D eigenvalue weighted by Gasteiger charge is 2.36. The number of imide groups is 1. The van der Waals surface area contributed by atoms with Crippen LogP contribution in [0.2, 0.25) is 5.02 Å². The normalized spacial score (nSPS) is 13.6. The first-order valence-electron chi connectivity index (χ1n) is 13.2. The van der Waals surface area contributed by atoms with Crippen molar-refractivity contribution < 1.29 is 38.5 Å². The zero-order valence-electron chi connectivity index (χ0n) is 23.4. The lowest BCUT2D eigenvalue weighted by atomic mass is 10.2. The molecular weight excluding hydrogens is 632 g/mol. The molecule has 3 amide bonds. The summed E-state index contributed by atoms with van der Waals surface area (Å²) in [5.41, 5.74) is -0.296. The summed E-state index contributed by atoms with van der Waals surface area (Å²) in [5.74, 6) is -2.06. The van der Waals surface area contributed by atoms with E-state index in [9.17, 15) is 39.4 Å². The molecule has 0 radical (unpaired) electrons. The van der Waals surface area contributed by atoms with Gasteiger partial charge in [-0.05, 0) is 66.2 Å². The first kappa shape index (κ1) is 32.6. The first-order valence-corrected chi connectivity index (χ1v) is 14.4. The van der Waals surface area contributed by atoms with Crippen LogP contribution in [0.4, 0.5) is 21.9 Å². The molecule has 1 fully saturated rings. The smallest absolute Gasteiger partial charge is 0.339 e. The molecule has 0 aromatic heterocycles. The number of esters is 1. The minimum Gasteiger partial charge on any atom is -0.462 e. The van der Waals surface area contributed by atoms with Crippen LogP contribution in [-0.4, -0.2) is 50.9 Å². The molecule has 0 aliphatic carbocycles. The van der Waals surface area contributed by atoms with Crippen LogP contribution in [0.3, 0.4) is 0 Å². The van der Waals surface area contributed by atoms with Gasteiger partial charge in [0.05, 0.1) is 38.0 Å². The number of carbonyl (C=O) groups is 4. The Morgan fingerprint density at radius 2 is 1.76 bits per heavy atom. The number of nitrogens with zero attached hydrogens (tertiary/aromatic N) is 3. The van der Waals surface area contributed by atoms with E-state index in [0.29, 0.717) is 23.7 Å². The topological polar surface area (TPSA) is 188 Å². The van der Waals surface area contributed by atoms with Gasteiger partial charge in [0.15, 0.2) is 0 Å². The fourth-order valence-electron chi connectivity index (χ4n) is 3.89. The number of carbonyl (C=O) groups excluding carboxylic acids is 4. The van der Waals surface area contributed by atoms with Gasteiger partial charge in [0, 0.05) is 11.8 Å². The van der Waals surface area contributed by atoms with E-state index < -0.39 is 50.8 Å². The summed E-state index contributed by atoms with van der Waals surface area (Å²) >= 11 is 6.74. The Labute approximate surface area is 264 Å². The Kier molecular flexibility index (Phi) is 10.5. The number of unbranched alkanes of at least 4 members (excludes halogenated alkanes) is 1. The molecular formula is C29H23ClN4O10S. The van der Waals surface area contributed by atoms with Gasteiger partial charge >= 0.3 is 11.7 Å². The third-order valence-corrected chi connectivity index (χ3v) is 7.37. The highest BCUT2D eigenvalue weighted by molar-refractivity contribution is 8.18. The second kappa shape index (κ2) is 14.5. The predicted octanol–water partition coefficient (Wildman–Crippen LogP) is 6.58. The van der Waals surface area contributed by atoms with Gasteiger partial charge in [-0.3, -0.25) is 39.5 Å². The van der Waals surface area contributed by atoms with Crippen molar-refractivity contribution in [2.45, 2.75) is 19.8 Å². The second-order valence-electron chi connectivity index (χ2n) is 9.34. The van der Waals surface area contributed by atoms with Crippen LogP contribution in [0.15, 0.2) is 65.6 Å². The molecule has 1 saturated heterocycles. The van der Waals surface area contributed by atoms with E-state index in [1.165, 1.54) is 48.5 Å². The largest absolute Gasteiger partial charge is 0.462 e. The van der Waals surface area contributed by atoms with Crippen LogP contribution in [0, 0.1) is 20.2 Å². The predicted molar refractivity (Wildman–Crippen MR) is 164 cm³/mol. The highest BCUT2D eigenvalue weighted by Crippen LogP contribution is 2.36. The average molecular weight is 655 g/mol. The van der Waals surface area contributed by atoms with Gasteiger partial charge in [0.1, 0.15) is 12.3 Å². The molecule has 0 spiro atoms. The fourth-order valence-corrected chi connectivity index (χ4v) is 4.92. The molecule has 1 aliphatic rings. The van der Waals surface area contributed by atoms with E-state index in [4.69, 9.17) is 21.1 Å². The van der Waals surface area contributed by atoms with Crippen LogP contribution < -0.4 is 10.1 Å². The summed E-state index contributed by atoms with van der Waals surface area (Å²) in [4.78, 5) is 72.0. The molecule has 1 aliphatic heterocycles. The molecule has 1 heterocycles. The minimum atomic E-state index is -0.800. The maximum atomic E-state index is 12.9. The van der Waals surface area contributed by atoms with Crippen molar-refractivity contribution in [2.24, 2.45) is 0 Å². The quantitative estimate of drug-likeness (QED) is 0.0730. The van der Waals surface area contributed by atoms with Crippen molar-refractivity contribution in [3.63, 3.8) is 0 Å². The molecule has 0 bridgehead atoms. The number of halogens is 1. The molecule has 0 atom stereocenters. The van der Waals surface area contributed by atoms with Crippen molar-refractivity contribution >= 4 is 69.5 Å². The molecule has 3 aromatic carbocycles. The number of benzene rings is 3. The molecule has 1 N–H and O–H groups in total. The number of nitro benzene ring substituents is 2. The molecule has 3 aromatic rings. The van der Waals surface area contributed by atoms with E-state index in [0.717, 1.165) is 29.5 Å². The standard InChI is InChI=1S/C29H23ClN4O10S/c1-2-3-12-43-28(37)21-14-18(6-10-22(21)30)31-26(35)16-32-27(36)25(45-29(32)38)13-17-4-8-20(9-5-17)44-24-11-7-19(33(39)40)15-23(24)34(41)42/h4-11,13-15H,2-3,12,16H2,1H3,(H,31,35)/b25-13+. The number of anilines is 1. The molecule has 16 heteroatoms. The van der Waals surface area contributed by atoms with Gasteiger partial charge in [-0.25, -0.2) is 4.79 Å². The Hall–Kier alpha value is -5.28. The van der Waals surface area contributed by atoms with Crippen LogP contribution >= 0.6 is 23.4 Å². The van der Waals surface area contributed by atoms with Crippen LogP contribution in [0.5, 0.6) is 11.5 Å². The van der Waals surface area contributed by atoms with Crippen molar-refractivity contribution in [2.75, 3.05) is 18.5 Å². The van der Waals surface area contributed by atoms with Gasteiger partial charge < -0.3 is 14.8 Å². The van der Waals surface area contributed by atoms with E-state index >= 15 is 0 Å². The van der Waals surface area contributed by atoms with Crippen LogP contribution in [0.25, 0.3) is 6.08 Å². The number of thioether (sulfide) groups is 1. The summed E-state index contributed by atoms with van der Waals surface area (Å²) in [6, 6.07) is 13.2. The van der Waals surface area contributed by atoms with E-state index in [-0.39, 0.29) is 39.3 Å². The van der Waals surface area contributed by atoms with E-state index in [1.807, 2.05) is 6.92 Å². The number of ether oxygens (including phenoxy) is 2. The Morgan fingerprint density at radius 1 is 1.02 bits per heavy atom. The molecule has 0 unspecified atom stereocenters. The summed E-state index contributed by atoms with van der Waals surface area (Å²) in [5, 5.41) is 24.3. The maximum absolute atomic E-state index is 12.9. The third kappa shape index (κ3) is 8.21. The molecule has 0 saturated carbocycles. The first-order chi connectivity index (χ1) is 21.5. The maximum Gasteiger partial charge on any atom is 0.339 e. The average Bonchev–Trinajstić information content (AvgIpc) is 3.26. The molecule has 14 nitrogen and oxygen atoms in total. The number of rotatable bonds is 12. The van der Waals surface area contributed by atoms with Crippen molar-refractivity contribution in [1.82, 2.24) is 4.90 Å². The lowest BCUT2D eigenvalue weighted by Gasteiger charge is -2.13. The SMILES string of the molecule is CCCCOC(=O)c1cc(NC(=O)CN2C(=O)S/C(=C/c3ccc(Oc4ccc([N+](=O)[O-])cc4[N+](=O)[O-])cc3)C2=O)ccc1Cl. The van der Waals surface area contributed by atoms with Gasteiger partial charge in [-0.2, -0.15) is 0 Å². The number of nitrogens with one attached hydrogen (secondary N) is 1. The minimum absolute atomic E-state index is 0.0519. The zero-order valence-corrected chi connectivity index (χ0v) is 25.0. The summed E-state index contributed by atoms with van der Waals surface area (Å²) < 4.78 is 10.7. The highest BCUT2D eigenvalue weighted by atomic mass is 35.5. The monoisotopic (exact) mass is 654 g/mol. The Morgan fingerprint density at radius 3 is 2.42 bits per heavy atom. The number of hydrogen-bond donors (Lipinski definition) is 1. The zero-order chi connectivity index (χ0) is 32.7. The van der Waals surface area contributed by atoms with Crippen LogP contribution in [0.1, 0.15) is 35.7 Å². The molecule has 45 heavy (non-hydrogen) atoms. The Bertz CT molecular complexity index is 1730. The van der Waals surface area contributed by atoms with E-state index in [2.05, 4.69) is 5.32 Å². The lowest BCUT2D eigenvalue weighted by Crippen LogP contribution is -2.36. The van der Waals surface area contributed by atoms with Gasteiger partial charge in [0.25, 0.3) is 16.8 Å². The lowest BCUT2D eigenvalue weighted by molar-refractivity contribution is -0.394. The van der Waals surface area contributed by atoms with Crippen LogP contribution in [-0.2, 0) is 14.3 Å². The van der Waals surface area contributed by atoms with Gasteiger partial charge in [0.2, 0.25) is 11.7 Å². The second-order valence-corrected chi connectivity index (χ2v) is 10.7. The van der Waals surface area contributed by atoms with E-state index in [1.54, 1.807) is 0 Å². The summed E-state index contributed by atoms with van der Waals surface area (Å²) in [6.07, 6.45) is 2.95. The third-order valence-electron chi connectivity index (χ3n) is 6.13. The number of nitro groups is 2. The number of non-ortho nitro benzene ring substituents is 1. The van der Waals surface area contributed by atoms with Crippen molar-refractivity contribution in [3.05, 3.63) is 102 Å². The Balaban J connectivity index is 1.39. The number of hydrogen-bond acceptors (Lipinski definition) is 11. The molecule has 232 valence electrons. The van der Waals surface area contributed by atoms with Crippen molar-refractivity contribution in [3.8, 4) is 11.5 Å². The number of amides is 3. The summed E-state index contributed by atoms with van der Waals surface area (Å²) in [6.45, 7) is 1.59. The van der Waals surface area contributed by atoms with Gasteiger partial charge in [-0.1, -0.05) is 37.1 Å². The fraction of sp³-hybridized carbons (Fsp3) is 0.172. The summed E-state index contributed by atoms with van der Waals surface area (Å²) in [7, 11) is 0. The molecule has 4 rings (SSSR count). The van der Waals surface area contributed by atoms with Gasteiger partial charge in [-0.15, -0.1) is 0 Å².